The Hall–Kier alpha value is -2.57. The van der Waals surface area contributed by atoms with Gasteiger partial charge in [-0.2, -0.15) is 4.98 Å². The van der Waals surface area contributed by atoms with E-state index in [0.29, 0.717) is 24.4 Å². The number of aryl methyl sites for hydroxylation is 1. The molecule has 1 N–H and O–H groups in total. The molecule has 1 aliphatic heterocycles. The normalized spacial score (nSPS) is 19.3. The van der Waals surface area contributed by atoms with Crippen molar-refractivity contribution in [3.8, 4) is 17.1 Å². The minimum Gasteiger partial charge on any atom is -0.491 e. The Balaban J connectivity index is 1.49. The molecule has 0 unspecified atom stereocenters. The van der Waals surface area contributed by atoms with Crippen LogP contribution in [0.15, 0.2) is 22.7 Å². The highest BCUT2D eigenvalue weighted by molar-refractivity contribution is 5.75. The molecule has 1 atom stereocenters. The summed E-state index contributed by atoms with van der Waals surface area (Å²) in [6.45, 7) is 2.19. The van der Waals surface area contributed by atoms with Gasteiger partial charge in [0.05, 0.1) is 6.04 Å². The fourth-order valence-corrected chi connectivity index (χ4v) is 3.08. The average molecular weight is 328 g/mol. The summed E-state index contributed by atoms with van der Waals surface area (Å²) in [5.41, 5.74) is 1.82. The number of aromatic nitrogens is 2. The first-order valence-corrected chi connectivity index (χ1v) is 8.22. The van der Waals surface area contributed by atoms with E-state index >= 15 is 0 Å². The van der Waals surface area contributed by atoms with Crippen LogP contribution in [0.1, 0.15) is 36.8 Å². The summed E-state index contributed by atoms with van der Waals surface area (Å²) in [4.78, 5) is 18.4. The van der Waals surface area contributed by atoms with Gasteiger partial charge in [-0.3, -0.25) is 0 Å². The lowest BCUT2D eigenvalue weighted by Gasteiger charge is -2.35. The third-order valence-corrected chi connectivity index (χ3v) is 4.82. The third kappa shape index (κ3) is 2.60. The minimum atomic E-state index is -0.129. The Morgan fingerprint density at radius 3 is 2.88 bits per heavy atom. The molecule has 1 aliphatic carbocycles. The van der Waals surface area contributed by atoms with Gasteiger partial charge >= 0.3 is 6.03 Å². The van der Waals surface area contributed by atoms with Crippen molar-refractivity contribution in [1.82, 2.24) is 20.4 Å². The second-order valence-electron chi connectivity index (χ2n) is 6.40. The van der Waals surface area contributed by atoms with Crippen molar-refractivity contribution in [2.24, 2.45) is 0 Å². The van der Waals surface area contributed by atoms with Crippen molar-refractivity contribution in [2.45, 2.75) is 38.3 Å². The molecule has 2 heterocycles. The van der Waals surface area contributed by atoms with Crippen molar-refractivity contribution < 1.29 is 14.1 Å². The van der Waals surface area contributed by atoms with Crippen LogP contribution in [0, 0.1) is 6.92 Å². The summed E-state index contributed by atoms with van der Waals surface area (Å²) < 4.78 is 10.8. The molecule has 1 aromatic heterocycles. The zero-order valence-electron chi connectivity index (χ0n) is 13.8. The van der Waals surface area contributed by atoms with Gasteiger partial charge in [-0.1, -0.05) is 17.3 Å². The van der Waals surface area contributed by atoms with Gasteiger partial charge in [0.15, 0.2) is 0 Å². The second kappa shape index (κ2) is 5.81. The van der Waals surface area contributed by atoms with E-state index in [1.165, 1.54) is 6.42 Å². The first kappa shape index (κ1) is 15.0. The predicted molar refractivity (Wildman–Crippen MR) is 86.6 cm³/mol. The van der Waals surface area contributed by atoms with Crippen LogP contribution in [0.5, 0.6) is 5.75 Å². The Morgan fingerprint density at radius 1 is 1.38 bits per heavy atom. The lowest BCUT2D eigenvalue weighted by Crippen LogP contribution is -2.47. The summed E-state index contributed by atoms with van der Waals surface area (Å²) in [7, 11) is 1.86. The maximum absolute atomic E-state index is 12.4. The maximum atomic E-state index is 12.4. The largest absolute Gasteiger partial charge is 0.491 e. The van der Waals surface area contributed by atoms with E-state index in [4.69, 9.17) is 9.26 Å². The van der Waals surface area contributed by atoms with E-state index in [0.717, 1.165) is 29.7 Å². The van der Waals surface area contributed by atoms with Gasteiger partial charge in [0.2, 0.25) is 11.7 Å². The number of fused-ring (bicyclic) bond motifs is 1. The van der Waals surface area contributed by atoms with Gasteiger partial charge in [-0.25, -0.2) is 4.79 Å². The van der Waals surface area contributed by atoms with Crippen molar-refractivity contribution >= 4 is 6.03 Å². The number of nitrogens with zero attached hydrogens (tertiary/aromatic N) is 3. The van der Waals surface area contributed by atoms with Crippen LogP contribution in [0.2, 0.25) is 0 Å². The molecule has 24 heavy (non-hydrogen) atoms. The Bertz CT molecular complexity index is 769. The fraction of sp³-hybridized carbons (Fsp3) is 0.471. The molecule has 7 heteroatoms. The molecule has 1 saturated carbocycles. The zero-order valence-corrected chi connectivity index (χ0v) is 13.8. The van der Waals surface area contributed by atoms with Crippen LogP contribution in [-0.2, 0) is 0 Å². The summed E-state index contributed by atoms with van der Waals surface area (Å²) >= 11 is 0. The molecular weight excluding hydrogens is 308 g/mol. The fourth-order valence-electron chi connectivity index (χ4n) is 3.08. The highest BCUT2D eigenvalue weighted by Crippen LogP contribution is 2.35. The molecule has 126 valence electrons. The van der Waals surface area contributed by atoms with E-state index < -0.39 is 0 Å². The molecule has 2 aliphatic rings. The number of hydrogen-bond donors (Lipinski definition) is 1. The summed E-state index contributed by atoms with van der Waals surface area (Å²) in [6.07, 6.45) is 3.39. The van der Waals surface area contributed by atoms with Gasteiger partial charge in [0.1, 0.15) is 12.4 Å². The van der Waals surface area contributed by atoms with Crippen molar-refractivity contribution in [1.29, 1.82) is 0 Å². The molecule has 2 amide bonds. The SMILES string of the molecule is Cc1nc(-c2ccc3c(c2)OC[C@H]3NC(=O)N(C)C2CCC2)no1. The second-order valence-corrected chi connectivity index (χ2v) is 6.40. The van der Waals surface area contributed by atoms with Crippen LogP contribution in [0.4, 0.5) is 4.79 Å². The maximum Gasteiger partial charge on any atom is 0.317 e. The van der Waals surface area contributed by atoms with Crippen LogP contribution < -0.4 is 10.1 Å². The minimum absolute atomic E-state index is 0.0426. The number of hydrogen-bond acceptors (Lipinski definition) is 5. The van der Waals surface area contributed by atoms with Gasteiger partial charge in [-0.05, 0) is 25.3 Å². The molecular formula is C17H20N4O3. The number of nitrogens with one attached hydrogen (secondary N) is 1. The first-order chi connectivity index (χ1) is 11.6. The van der Waals surface area contributed by atoms with E-state index in [9.17, 15) is 4.79 Å². The van der Waals surface area contributed by atoms with E-state index in [1.54, 1.807) is 11.8 Å². The topological polar surface area (TPSA) is 80.5 Å². The molecule has 0 bridgehead atoms. The van der Waals surface area contributed by atoms with Crippen molar-refractivity contribution in [3.63, 3.8) is 0 Å². The Morgan fingerprint density at radius 2 is 2.21 bits per heavy atom. The van der Waals surface area contributed by atoms with Crippen LogP contribution in [0.3, 0.4) is 0 Å². The number of rotatable bonds is 3. The average Bonchev–Trinajstić information content (AvgIpc) is 3.12. The lowest BCUT2D eigenvalue weighted by molar-refractivity contribution is 0.153. The summed E-state index contributed by atoms with van der Waals surface area (Å²) in [5.74, 6) is 1.82. The molecule has 1 fully saturated rings. The molecule has 2 aromatic rings. The number of carbonyl (C=O) groups excluding carboxylic acids is 1. The van der Waals surface area contributed by atoms with Gasteiger partial charge in [0.25, 0.3) is 0 Å². The summed E-state index contributed by atoms with van der Waals surface area (Å²) in [6, 6.07) is 5.97. The highest BCUT2D eigenvalue weighted by atomic mass is 16.5. The summed E-state index contributed by atoms with van der Waals surface area (Å²) in [5, 5.41) is 6.98. The van der Waals surface area contributed by atoms with Crippen LogP contribution >= 0.6 is 0 Å². The number of amides is 2. The van der Waals surface area contributed by atoms with E-state index in [1.807, 2.05) is 25.2 Å². The number of carbonyl (C=O) groups is 1. The van der Waals surface area contributed by atoms with Gasteiger partial charge in [0, 0.05) is 31.1 Å². The molecule has 0 spiro atoms. The van der Waals surface area contributed by atoms with Gasteiger partial charge in [-0.15, -0.1) is 0 Å². The van der Waals surface area contributed by atoms with E-state index in [-0.39, 0.29) is 12.1 Å². The van der Waals surface area contributed by atoms with Crippen molar-refractivity contribution in [2.75, 3.05) is 13.7 Å². The predicted octanol–water partition coefficient (Wildman–Crippen LogP) is 2.67. The molecule has 7 nitrogen and oxygen atoms in total. The lowest BCUT2D eigenvalue weighted by atomic mass is 9.92. The molecule has 0 radical (unpaired) electrons. The zero-order chi connectivity index (χ0) is 16.7. The third-order valence-electron chi connectivity index (χ3n) is 4.82. The highest BCUT2D eigenvalue weighted by Gasteiger charge is 2.30. The van der Waals surface area contributed by atoms with Gasteiger partial charge < -0.3 is 19.5 Å². The van der Waals surface area contributed by atoms with Crippen molar-refractivity contribution in [3.05, 3.63) is 29.7 Å². The number of benzene rings is 1. The first-order valence-electron chi connectivity index (χ1n) is 8.22. The smallest absolute Gasteiger partial charge is 0.317 e. The monoisotopic (exact) mass is 328 g/mol. The Kier molecular flexibility index (Phi) is 3.63. The van der Waals surface area contributed by atoms with Crippen LogP contribution in [0.25, 0.3) is 11.4 Å². The molecule has 0 saturated heterocycles. The molecule has 4 rings (SSSR count). The Labute approximate surface area is 140 Å². The van der Waals surface area contributed by atoms with Crippen LogP contribution in [-0.4, -0.2) is 40.8 Å². The van der Waals surface area contributed by atoms with E-state index in [2.05, 4.69) is 15.5 Å². The standard InChI is InChI=1S/C17H20N4O3/c1-10-18-16(20-24-10)11-6-7-13-14(9-23-15(13)8-11)19-17(22)21(2)12-4-3-5-12/h6-8,12,14H,3-5,9H2,1-2H3,(H,19,22)/t14-/m1/s1. The number of urea groups is 1. The molecule has 1 aromatic carbocycles. The quantitative estimate of drug-likeness (QED) is 0.937. The number of ether oxygens (including phenoxy) is 1.